The van der Waals surface area contributed by atoms with Gasteiger partial charge < -0.3 is 4.74 Å². The number of hydrogen-bond donors (Lipinski definition) is 0. The Balaban J connectivity index is 1.40. The van der Waals surface area contributed by atoms with Crippen LogP contribution in [0.3, 0.4) is 0 Å². The van der Waals surface area contributed by atoms with Crippen LogP contribution in [0.15, 0.2) is 60.9 Å². The Morgan fingerprint density at radius 3 is 1.69 bits per heavy atom. The van der Waals surface area contributed by atoms with E-state index in [1.54, 1.807) is 12.4 Å². The minimum atomic E-state index is 0.221. The molecule has 0 spiro atoms. The summed E-state index contributed by atoms with van der Waals surface area (Å²) in [4.78, 5) is 9.06. The van der Waals surface area contributed by atoms with Crippen LogP contribution in [0.4, 0.5) is 0 Å². The number of alkyl halides is 1. The van der Waals surface area contributed by atoms with Crippen LogP contribution < -0.4 is 4.74 Å². The highest BCUT2D eigenvalue weighted by molar-refractivity contribution is 6.20. The van der Waals surface area contributed by atoms with E-state index in [9.17, 15) is 0 Å². The Kier molecular flexibility index (Phi) is 15.0. The first-order chi connectivity index (χ1) is 19.2. The third-order valence-electron chi connectivity index (χ3n) is 7.40. The van der Waals surface area contributed by atoms with Crippen molar-refractivity contribution in [2.75, 3.05) is 6.61 Å². The van der Waals surface area contributed by atoms with E-state index in [0.29, 0.717) is 0 Å². The minimum absolute atomic E-state index is 0.221. The third-order valence-corrected chi connectivity index (χ3v) is 7.78. The second kappa shape index (κ2) is 18.8. The highest BCUT2D eigenvalue weighted by Gasteiger charge is 2.08. The second-order valence-corrected chi connectivity index (χ2v) is 11.5. The van der Waals surface area contributed by atoms with Gasteiger partial charge in [0.25, 0.3) is 0 Å². The Morgan fingerprint density at radius 1 is 0.615 bits per heavy atom. The molecule has 4 heteroatoms. The van der Waals surface area contributed by atoms with Crippen molar-refractivity contribution < 1.29 is 4.74 Å². The first-order valence-electron chi connectivity index (χ1n) is 15.5. The number of halogens is 1. The summed E-state index contributed by atoms with van der Waals surface area (Å²) in [6.07, 6.45) is 22.5. The summed E-state index contributed by atoms with van der Waals surface area (Å²) in [6.45, 7) is 5.25. The van der Waals surface area contributed by atoms with Gasteiger partial charge in [0.15, 0.2) is 11.6 Å². The fourth-order valence-electron chi connectivity index (χ4n) is 4.94. The molecular weight excluding hydrogens is 500 g/mol. The quantitative estimate of drug-likeness (QED) is 0.104. The molecule has 0 aliphatic rings. The van der Waals surface area contributed by atoms with Gasteiger partial charge in [0.2, 0.25) is 0 Å². The predicted molar refractivity (Wildman–Crippen MR) is 168 cm³/mol. The molecule has 0 fully saturated rings. The van der Waals surface area contributed by atoms with E-state index in [1.807, 2.05) is 0 Å². The van der Waals surface area contributed by atoms with Crippen LogP contribution in [0.25, 0.3) is 22.5 Å². The molecule has 0 amide bonds. The van der Waals surface area contributed by atoms with E-state index in [-0.39, 0.29) is 5.38 Å². The first kappa shape index (κ1) is 31.1. The molecule has 0 aliphatic heterocycles. The first-order valence-corrected chi connectivity index (χ1v) is 15.9. The number of nitrogens with zero attached hydrogens (tertiary/aromatic N) is 2. The van der Waals surface area contributed by atoms with Crippen molar-refractivity contribution >= 4 is 11.6 Å². The largest absolute Gasteiger partial charge is 0.490 e. The van der Waals surface area contributed by atoms with Crippen LogP contribution in [0.2, 0.25) is 0 Å². The molecule has 0 saturated carbocycles. The van der Waals surface area contributed by atoms with Crippen molar-refractivity contribution in [3.8, 4) is 28.3 Å². The maximum Gasteiger partial charge on any atom is 0.159 e. The van der Waals surface area contributed by atoms with Gasteiger partial charge in [0, 0.05) is 10.9 Å². The zero-order valence-electron chi connectivity index (χ0n) is 24.3. The standard InChI is InChI=1S/C35H49ClN2O/c1-3-5-7-9-11-13-15-25-39-34-27-37-35(38-28-34)32-23-21-31(22-24-32)30-19-17-29(18-20-30)26-33(36)16-14-12-10-8-6-4-2/h17-24,27-28,33H,3-16,25-26H2,1-2H3/t33-/m0/s1. The summed E-state index contributed by atoms with van der Waals surface area (Å²) in [7, 11) is 0. The lowest BCUT2D eigenvalue weighted by Crippen LogP contribution is -2.03. The van der Waals surface area contributed by atoms with Gasteiger partial charge in [-0.25, -0.2) is 9.97 Å². The highest BCUT2D eigenvalue weighted by Crippen LogP contribution is 2.25. The summed E-state index contributed by atoms with van der Waals surface area (Å²) in [5.74, 6) is 1.46. The average molecular weight is 549 g/mol. The topological polar surface area (TPSA) is 35.0 Å². The van der Waals surface area contributed by atoms with Crippen LogP contribution in [-0.4, -0.2) is 22.0 Å². The van der Waals surface area contributed by atoms with Gasteiger partial charge in [-0.15, -0.1) is 11.6 Å². The number of rotatable bonds is 20. The summed E-state index contributed by atoms with van der Waals surface area (Å²) >= 11 is 6.63. The van der Waals surface area contributed by atoms with Crippen molar-refractivity contribution in [3.05, 3.63) is 66.5 Å². The molecular formula is C35H49ClN2O. The van der Waals surface area contributed by atoms with Crippen molar-refractivity contribution in [1.82, 2.24) is 9.97 Å². The maximum atomic E-state index is 6.63. The highest BCUT2D eigenvalue weighted by atomic mass is 35.5. The molecule has 3 aromatic rings. The molecule has 0 bridgehead atoms. The normalized spacial score (nSPS) is 12.0. The van der Waals surface area contributed by atoms with Crippen molar-refractivity contribution in [2.45, 2.75) is 116 Å². The molecule has 2 aromatic carbocycles. The molecule has 3 rings (SSSR count). The molecule has 0 unspecified atom stereocenters. The molecule has 1 atom stereocenters. The molecule has 0 saturated heterocycles. The molecule has 1 aromatic heterocycles. The fraction of sp³-hybridized carbons (Fsp3) is 0.543. The van der Waals surface area contributed by atoms with Gasteiger partial charge in [-0.1, -0.05) is 139 Å². The van der Waals surface area contributed by atoms with Gasteiger partial charge in [-0.3, -0.25) is 0 Å². The third kappa shape index (κ3) is 12.1. The average Bonchev–Trinajstić information content (AvgIpc) is 2.97. The Bertz CT molecular complexity index is 1020. The number of aromatic nitrogens is 2. The lowest BCUT2D eigenvalue weighted by molar-refractivity contribution is 0.302. The molecule has 1 heterocycles. The Morgan fingerprint density at radius 2 is 1.10 bits per heavy atom. The van der Waals surface area contributed by atoms with Gasteiger partial charge >= 0.3 is 0 Å². The molecule has 0 N–H and O–H groups in total. The van der Waals surface area contributed by atoms with E-state index < -0.39 is 0 Å². The zero-order valence-corrected chi connectivity index (χ0v) is 25.1. The van der Waals surface area contributed by atoms with E-state index in [4.69, 9.17) is 16.3 Å². The summed E-state index contributed by atoms with van der Waals surface area (Å²) < 4.78 is 5.84. The maximum absolute atomic E-state index is 6.63. The van der Waals surface area contributed by atoms with Crippen molar-refractivity contribution in [2.24, 2.45) is 0 Å². The van der Waals surface area contributed by atoms with Gasteiger partial charge in [-0.05, 0) is 36.0 Å². The fourth-order valence-corrected chi connectivity index (χ4v) is 5.27. The van der Waals surface area contributed by atoms with Gasteiger partial charge in [-0.2, -0.15) is 0 Å². The number of unbranched alkanes of at least 4 members (excludes halogenated alkanes) is 11. The van der Waals surface area contributed by atoms with Crippen molar-refractivity contribution in [1.29, 1.82) is 0 Å². The van der Waals surface area contributed by atoms with Crippen LogP contribution >= 0.6 is 11.6 Å². The molecule has 0 aliphatic carbocycles. The summed E-state index contributed by atoms with van der Waals surface area (Å²) in [5.41, 5.74) is 4.72. The predicted octanol–water partition coefficient (Wildman–Crippen LogP) is 10.8. The molecule has 39 heavy (non-hydrogen) atoms. The van der Waals surface area contributed by atoms with E-state index in [2.05, 4.69) is 72.3 Å². The Hall–Kier alpha value is -2.39. The van der Waals surface area contributed by atoms with Crippen LogP contribution in [0.5, 0.6) is 5.75 Å². The number of benzene rings is 2. The SMILES string of the molecule is CCCCCCCCCOc1cnc(-c2ccc(-c3ccc(C[C@@H](Cl)CCCCCCCC)cc3)cc2)nc1. The van der Waals surface area contributed by atoms with E-state index in [0.717, 1.165) is 43.0 Å². The number of ether oxygens (including phenoxy) is 1. The van der Waals surface area contributed by atoms with Crippen molar-refractivity contribution in [3.63, 3.8) is 0 Å². The number of hydrogen-bond acceptors (Lipinski definition) is 3. The molecule has 212 valence electrons. The summed E-state index contributed by atoms with van der Waals surface area (Å²) in [6, 6.07) is 17.3. The van der Waals surface area contributed by atoms with E-state index in [1.165, 1.54) is 93.7 Å². The van der Waals surface area contributed by atoms with Gasteiger partial charge in [0.1, 0.15) is 0 Å². The summed E-state index contributed by atoms with van der Waals surface area (Å²) in [5, 5.41) is 0.221. The smallest absolute Gasteiger partial charge is 0.159 e. The molecule has 0 radical (unpaired) electrons. The molecule has 3 nitrogen and oxygen atoms in total. The Labute approximate surface area is 242 Å². The lowest BCUT2D eigenvalue weighted by Gasteiger charge is -2.11. The van der Waals surface area contributed by atoms with Crippen LogP contribution in [0.1, 0.15) is 109 Å². The lowest BCUT2D eigenvalue weighted by atomic mass is 9.99. The minimum Gasteiger partial charge on any atom is -0.490 e. The van der Waals surface area contributed by atoms with Crippen LogP contribution in [-0.2, 0) is 6.42 Å². The van der Waals surface area contributed by atoms with Gasteiger partial charge in [0.05, 0.1) is 19.0 Å². The monoisotopic (exact) mass is 548 g/mol. The second-order valence-electron chi connectivity index (χ2n) is 10.8. The van der Waals surface area contributed by atoms with E-state index >= 15 is 0 Å². The zero-order chi connectivity index (χ0) is 27.5. The van der Waals surface area contributed by atoms with Crippen LogP contribution in [0, 0.1) is 0 Å².